The van der Waals surface area contributed by atoms with Crippen LogP contribution in [0.2, 0.25) is 0 Å². The molecule has 0 atom stereocenters. The Morgan fingerprint density at radius 2 is 1.83 bits per heavy atom. The third-order valence-corrected chi connectivity index (χ3v) is 4.69. The van der Waals surface area contributed by atoms with Crippen molar-refractivity contribution in [3.8, 4) is 0 Å². The zero-order valence-corrected chi connectivity index (χ0v) is 13.1. The van der Waals surface area contributed by atoms with Gasteiger partial charge in [-0.05, 0) is 6.07 Å². The van der Waals surface area contributed by atoms with Gasteiger partial charge >= 0.3 is 6.18 Å². The van der Waals surface area contributed by atoms with E-state index in [2.05, 4.69) is 9.97 Å². The number of hydrogen-bond acceptors (Lipinski definition) is 6. The average Bonchev–Trinajstić information content (AvgIpc) is 2.53. The van der Waals surface area contributed by atoms with Crippen LogP contribution < -0.4 is 5.73 Å². The first-order valence-corrected chi connectivity index (χ1v) is 8.29. The largest absolute Gasteiger partial charge is 0.417 e. The van der Waals surface area contributed by atoms with Crippen molar-refractivity contribution >= 4 is 21.4 Å². The molecule has 0 radical (unpaired) electrons. The molecule has 10 heteroatoms. The Labute approximate surface area is 135 Å². The number of nitrogens with zero attached hydrogens (tertiary/aromatic N) is 2. The van der Waals surface area contributed by atoms with E-state index in [4.69, 9.17) is 5.73 Å². The van der Waals surface area contributed by atoms with Crippen LogP contribution in [0.3, 0.4) is 0 Å². The van der Waals surface area contributed by atoms with Crippen molar-refractivity contribution < 1.29 is 26.4 Å². The smallest absolute Gasteiger partial charge is 0.383 e. The number of ketones is 1. The van der Waals surface area contributed by atoms with E-state index in [1.54, 1.807) is 0 Å². The molecule has 24 heavy (non-hydrogen) atoms. The monoisotopic (exact) mass is 359 g/mol. The number of sulfone groups is 1. The van der Waals surface area contributed by atoms with E-state index in [0.29, 0.717) is 0 Å². The molecule has 1 heterocycles. The van der Waals surface area contributed by atoms with Gasteiger partial charge in [-0.15, -0.1) is 0 Å². The number of halogens is 3. The molecule has 6 nitrogen and oxygen atoms in total. The van der Waals surface area contributed by atoms with E-state index >= 15 is 0 Å². The first-order valence-electron chi connectivity index (χ1n) is 6.64. The Hall–Kier alpha value is -2.49. The first-order chi connectivity index (χ1) is 11.1. The summed E-state index contributed by atoms with van der Waals surface area (Å²) in [6.45, 7) is 1.37. The lowest BCUT2D eigenvalue weighted by Gasteiger charge is -2.12. The van der Waals surface area contributed by atoms with Crippen LogP contribution in [-0.2, 0) is 16.0 Å². The number of nitrogen functional groups attached to an aromatic ring is 1. The van der Waals surface area contributed by atoms with E-state index in [9.17, 15) is 26.4 Å². The van der Waals surface area contributed by atoms with Crippen LogP contribution >= 0.6 is 0 Å². The molecular formula is C14H12F3N3O3S. The highest BCUT2D eigenvalue weighted by molar-refractivity contribution is 7.91. The van der Waals surface area contributed by atoms with Crippen LogP contribution in [0.1, 0.15) is 28.4 Å². The Balaban J connectivity index is 2.53. The van der Waals surface area contributed by atoms with Crippen molar-refractivity contribution in [3.63, 3.8) is 0 Å². The van der Waals surface area contributed by atoms with Crippen LogP contribution in [0.15, 0.2) is 35.6 Å². The number of carbonyl (C=O) groups excluding carboxylic acids is 1. The second-order valence-corrected chi connectivity index (χ2v) is 6.90. The van der Waals surface area contributed by atoms with Gasteiger partial charge in [0.05, 0.1) is 16.9 Å². The SMILES string of the molecule is CCS(=O)(=O)c1ncc(C(=O)c2ccccc2C(F)(F)F)c(N)n1. The second-order valence-electron chi connectivity index (χ2n) is 4.73. The molecule has 0 bridgehead atoms. The zero-order valence-electron chi connectivity index (χ0n) is 12.3. The quantitative estimate of drug-likeness (QED) is 0.662. The average molecular weight is 359 g/mol. The van der Waals surface area contributed by atoms with E-state index in [1.807, 2.05) is 0 Å². The summed E-state index contributed by atoms with van der Waals surface area (Å²) < 4.78 is 62.3. The molecule has 0 saturated heterocycles. The van der Waals surface area contributed by atoms with Crippen LogP contribution in [-0.4, -0.2) is 29.9 Å². The number of anilines is 1. The molecule has 2 aromatic rings. The topological polar surface area (TPSA) is 103 Å². The van der Waals surface area contributed by atoms with Gasteiger partial charge in [-0.1, -0.05) is 25.1 Å². The molecule has 1 aromatic carbocycles. The van der Waals surface area contributed by atoms with Gasteiger partial charge in [0.1, 0.15) is 5.82 Å². The van der Waals surface area contributed by atoms with Crippen LogP contribution in [0.4, 0.5) is 19.0 Å². The van der Waals surface area contributed by atoms with Crippen molar-refractivity contribution in [3.05, 3.63) is 47.2 Å². The maximum atomic E-state index is 13.0. The molecule has 0 aliphatic heterocycles. The molecular weight excluding hydrogens is 347 g/mol. The standard InChI is InChI=1S/C14H12F3N3O3S/c1-2-24(22,23)13-19-7-9(12(18)20-13)11(21)8-5-3-4-6-10(8)14(15,16)17/h3-7H,2H2,1H3,(H2,18,19,20). The second kappa shape index (κ2) is 6.19. The first kappa shape index (κ1) is 17.9. The van der Waals surface area contributed by atoms with Gasteiger partial charge in [0, 0.05) is 11.8 Å². The minimum atomic E-state index is -4.73. The Morgan fingerprint density at radius 3 is 2.38 bits per heavy atom. The fourth-order valence-electron chi connectivity index (χ4n) is 1.91. The molecule has 0 unspecified atom stereocenters. The highest BCUT2D eigenvalue weighted by atomic mass is 32.2. The zero-order chi connectivity index (χ0) is 18.1. The molecule has 0 aliphatic rings. The fourth-order valence-corrected chi connectivity index (χ4v) is 2.61. The number of aromatic nitrogens is 2. The predicted molar refractivity (Wildman–Crippen MR) is 79.0 cm³/mol. The summed E-state index contributed by atoms with van der Waals surface area (Å²) in [6.07, 6.45) is -3.91. The molecule has 2 rings (SSSR count). The van der Waals surface area contributed by atoms with Crippen LogP contribution in [0, 0.1) is 0 Å². The molecule has 0 fully saturated rings. The molecule has 2 N–H and O–H groups in total. The predicted octanol–water partition coefficient (Wildman–Crippen LogP) is 2.10. The van der Waals surface area contributed by atoms with Gasteiger partial charge in [0.25, 0.3) is 0 Å². The third kappa shape index (κ3) is 3.37. The number of benzene rings is 1. The molecule has 0 spiro atoms. The van der Waals surface area contributed by atoms with Gasteiger partial charge in [-0.25, -0.2) is 18.4 Å². The molecule has 0 amide bonds. The fraction of sp³-hybridized carbons (Fsp3) is 0.214. The van der Waals surface area contributed by atoms with E-state index in [-0.39, 0.29) is 5.75 Å². The Morgan fingerprint density at radius 1 is 1.21 bits per heavy atom. The molecule has 0 saturated carbocycles. The lowest BCUT2D eigenvalue weighted by atomic mass is 9.99. The molecule has 0 aliphatic carbocycles. The van der Waals surface area contributed by atoms with E-state index in [1.165, 1.54) is 13.0 Å². The number of alkyl halides is 3. The highest BCUT2D eigenvalue weighted by Crippen LogP contribution is 2.33. The summed E-state index contributed by atoms with van der Waals surface area (Å²) >= 11 is 0. The van der Waals surface area contributed by atoms with Gasteiger partial charge in [-0.3, -0.25) is 4.79 Å². The van der Waals surface area contributed by atoms with E-state index in [0.717, 1.165) is 24.4 Å². The minimum Gasteiger partial charge on any atom is -0.383 e. The minimum absolute atomic E-state index is 0.281. The van der Waals surface area contributed by atoms with Crippen molar-refractivity contribution in [1.82, 2.24) is 9.97 Å². The Bertz CT molecular complexity index is 896. The summed E-state index contributed by atoms with van der Waals surface area (Å²) in [7, 11) is -3.75. The van der Waals surface area contributed by atoms with Crippen LogP contribution in [0.5, 0.6) is 0 Å². The summed E-state index contributed by atoms with van der Waals surface area (Å²) in [5.74, 6) is -1.82. The highest BCUT2D eigenvalue weighted by Gasteiger charge is 2.35. The summed E-state index contributed by atoms with van der Waals surface area (Å²) in [6, 6.07) is 4.19. The van der Waals surface area contributed by atoms with Gasteiger partial charge in [-0.2, -0.15) is 13.2 Å². The lowest BCUT2D eigenvalue weighted by Crippen LogP contribution is -2.17. The van der Waals surface area contributed by atoms with Crippen molar-refractivity contribution in [2.75, 3.05) is 11.5 Å². The van der Waals surface area contributed by atoms with Crippen molar-refractivity contribution in [2.24, 2.45) is 0 Å². The van der Waals surface area contributed by atoms with Gasteiger partial charge < -0.3 is 5.73 Å². The number of carbonyl (C=O) groups is 1. The maximum Gasteiger partial charge on any atom is 0.417 e. The summed E-state index contributed by atoms with van der Waals surface area (Å²) in [5.41, 5.74) is 3.41. The summed E-state index contributed by atoms with van der Waals surface area (Å²) in [4.78, 5) is 19.4. The van der Waals surface area contributed by atoms with E-state index < -0.39 is 49.5 Å². The molecule has 128 valence electrons. The number of nitrogens with two attached hydrogens (primary N) is 1. The molecule has 1 aromatic heterocycles. The number of rotatable bonds is 4. The van der Waals surface area contributed by atoms with Crippen LogP contribution in [0.25, 0.3) is 0 Å². The lowest BCUT2D eigenvalue weighted by molar-refractivity contribution is -0.137. The third-order valence-electron chi connectivity index (χ3n) is 3.18. The Kier molecular flexibility index (Phi) is 4.61. The maximum absolute atomic E-state index is 13.0. The van der Waals surface area contributed by atoms with Gasteiger partial charge in [0.2, 0.25) is 15.0 Å². The van der Waals surface area contributed by atoms with Crippen molar-refractivity contribution in [1.29, 1.82) is 0 Å². The van der Waals surface area contributed by atoms with Crippen molar-refractivity contribution in [2.45, 2.75) is 18.3 Å². The normalized spacial score (nSPS) is 12.2. The number of hydrogen-bond donors (Lipinski definition) is 1. The van der Waals surface area contributed by atoms with Gasteiger partial charge in [0.15, 0.2) is 5.78 Å². The summed E-state index contributed by atoms with van der Waals surface area (Å²) in [5, 5.41) is -0.580.